The van der Waals surface area contributed by atoms with E-state index in [9.17, 15) is 14.4 Å². The fraction of sp³-hybridized carbons (Fsp3) is 0.375. The number of nitrogens with one attached hydrogen (secondary N) is 1. The second-order valence-electron chi connectivity index (χ2n) is 7.77. The first-order chi connectivity index (χ1) is 13.9. The maximum atomic E-state index is 12.9. The van der Waals surface area contributed by atoms with E-state index in [1.54, 1.807) is 12.1 Å². The fourth-order valence-electron chi connectivity index (χ4n) is 3.63. The Kier molecular flexibility index (Phi) is 6.47. The lowest BCUT2D eigenvalue weighted by molar-refractivity contribution is -0.116. The van der Waals surface area contributed by atoms with E-state index in [-0.39, 0.29) is 30.4 Å². The number of anilines is 1. The molecule has 5 nitrogen and oxygen atoms in total. The Morgan fingerprint density at radius 3 is 2.31 bits per heavy atom. The van der Waals surface area contributed by atoms with Gasteiger partial charge in [-0.05, 0) is 62.4 Å². The first-order valence-electron chi connectivity index (χ1n) is 10.2. The maximum absolute atomic E-state index is 12.9. The topological polar surface area (TPSA) is 66.5 Å². The largest absolute Gasteiger partial charge is 0.339 e. The molecule has 1 aliphatic heterocycles. The molecule has 152 valence electrons. The lowest BCUT2D eigenvalue weighted by atomic mass is 10.0. The van der Waals surface area contributed by atoms with Gasteiger partial charge >= 0.3 is 0 Å². The number of carbonyl (C=O) groups is 3. The first-order valence-corrected chi connectivity index (χ1v) is 10.2. The molecule has 29 heavy (non-hydrogen) atoms. The predicted octanol–water partition coefficient (Wildman–Crippen LogP) is 4.45. The molecule has 1 fully saturated rings. The highest BCUT2D eigenvalue weighted by Crippen LogP contribution is 2.24. The summed E-state index contributed by atoms with van der Waals surface area (Å²) in [5.74, 6) is -0.355. The van der Waals surface area contributed by atoms with E-state index in [2.05, 4.69) is 5.32 Å². The molecule has 0 bridgehead atoms. The highest BCUT2D eigenvalue weighted by atomic mass is 16.2. The van der Waals surface area contributed by atoms with Crippen LogP contribution in [0.5, 0.6) is 0 Å². The van der Waals surface area contributed by atoms with E-state index in [0.717, 1.165) is 42.6 Å². The van der Waals surface area contributed by atoms with Gasteiger partial charge in [0.1, 0.15) is 0 Å². The monoisotopic (exact) mass is 392 g/mol. The molecule has 1 heterocycles. The minimum atomic E-state index is -0.261. The molecule has 1 N–H and O–H groups in total. The Labute approximate surface area is 172 Å². The number of ketones is 1. The van der Waals surface area contributed by atoms with Crippen LogP contribution in [0.3, 0.4) is 0 Å². The predicted molar refractivity (Wildman–Crippen MR) is 114 cm³/mol. The minimum Gasteiger partial charge on any atom is -0.339 e. The summed E-state index contributed by atoms with van der Waals surface area (Å²) < 4.78 is 0. The van der Waals surface area contributed by atoms with Crippen LogP contribution in [0.15, 0.2) is 36.4 Å². The van der Waals surface area contributed by atoms with Gasteiger partial charge in [-0.2, -0.15) is 0 Å². The van der Waals surface area contributed by atoms with Crippen LogP contribution in [0.25, 0.3) is 0 Å². The second-order valence-corrected chi connectivity index (χ2v) is 7.77. The third-order valence-corrected chi connectivity index (χ3v) is 5.56. The first kappa shape index (κ1) is 20.8. The molecule has 0 atom stereocenters. The van der Waals surface area contributed by atoms with Crippen molar-refractivity contribution in [3.63, 3.8) is 0 Å². The zero-order chi connectivity index (χ0) is 21.0. The molecule has 0 saturated carbocycles. The quantitative estimate of drug-likeness (QED) is 0.739. The Morgan fingerprint density at radius 1 is 0.897 bits per heavy atom. The SMILES string of the molecule is Cc1ccc(C(=O)CCC(=O)Nc2cccc(C)c2C(=O)N2CCCC2)cc1C. The summed E-state index contributed by atoms with van der Waals surface area (Å²) in [7, 11) is 0. The van der Waals surface area contributed by atoms with E-state index < -0.39 is 0 Å². The van der Waals surface area contributed by atoms with Crippen LogP contribution in [0, 0.1) is 20.8 Å². The van der Waals surface area contributed by atoms with Gasteiger partial charge in [0.05, 0.1) is 11.3 Å². The Balaban J connectivity index is 1.66. The van der Waals surface area contributed by atoms with Crippen molar-refractivity contribution in [2.24, 2.45) is 0 Å². The van der Waals surface area contributed by atoms with Gasteiger partial charge in [0, 0.05) is 31.5 Å². The average Bonchev–Trinajstić information content (AvgIpc) is 3.23. The fourth-order valence-corrected chi connectivity index (χ4v) is 3.63. The lowest BCUT2D eigenvalue weighted by Gasteiger charge is -2.19. The van der Waals surface area contributed by atoms with E-state index in [0.29, 0.717) is 16.8 Å². The molecular weight excluding hydrogens is 364 g/mol. The normalized spacial score (nSPS) is 13.4. The number of nitrogens with zero attached hydrogens (tertiary/aromatic N) is 1. The zero-order valence-electron chi connectivity index (χ0n) is 17.4. The number of Topliss-reactive ketones (excluding diaryl/α,β-unsaturated/α-hetero) is 1. The third kappa shape index (κ3) is 4.91. The van der Waals surface area contributed by atoms with Gasteiger partial charge in [-0.1, -0.05) is 24.3 Å². The number of hydrogen-bond donors (Lipinski definition) is 1. The van der Waals surface area contributed by atoms with Crippen molar-refractivity contribution in [2.75, 3.05) is 18.4 Å². The number of hydrogen-bond acceptors (Lipinski definition) is 3. The van der Waals surface area contributed by atoms with Crippen molar-refractivity contribution in [2.45, 2.75) is 46.5 Å². The average molecular weight is 392 g/mol. The van der Waals surface area contributed by atoms with Crippen LogP contribution in [-0.2, 0) is 4.79 Å². The second kappa shape index (κ2) is 9.03. The number of amides is 2. The summed E-state index contributed by atoms with van der Waals surface area (Å²) in [6.45, 7) is 7.35. The van der Waals surface area contributed by atoms with Crippen molar-refractivity contribution in [3.8, 4) is 0 Å². The molecule has 3 rings (SSSR count). The smallest absolute Gasteiger partial charge is 0.256 e. The summed E-state index contributed by atoms with van der Waals surface area (Å²) >= 11 is 0. The molecule has 0 spiro atoms. The molecule has 2 aromatic rings. The van der Waals surface area contributed by atoms with Crippen molar-refractivity contribution in [3.05, 3.63) is 64.2 Å². The molecule has 1 aliphatic rings. The highest BCUT2D eigenvalue weighted by molar-refractivity contribution is 6.06. The van der Waals surface area contributed by atoms with Gasteiger partial charge < -0.3 is 10.2 Å². The summed E-state index contributed by atoms with van der Waals surface area (Å²) in [5, 5.41) is 2.84. The van der Waals surface area contributed by atoms with E-state index in [1.165, 1.54) is 0 Å². The van der Waals surface area contributed by atoms with E-state index in [4.69, 9.17) is 0 Å². The van der Waals surface area contributed by atoms with Crippen LogP contribution >= 0.6 is 0 Å². The molecule has 0 aromatic heterocycles. The van der Waals surface area contributed by atoms with Crippen molar-refractivity contribution in [1.29, 1.82) is 0 Å². The number of likely N-dealkylation sites (tertiary alicyclic amines) is 1. The van der Waals surface area contributed by atoms with Crippen LogP contribution in [0.1, 0.15) is 63.1 Å². The van der Waals surface area contributed by atoms with Crippen LogP contribution in [-0.4, -0.2) is 35.6 Å². The number of rotatable bonds is 6. The van der Waals surface area contributed by atoms with Crippen LogP contribution in [0.4, 0.5) is 5.69 Å². The van der Waals surface area contributed by atoms with Gasteiger partial charge in [-0.15, -0.1) is 0 Å². The standard InChI is InChI=1S/C24H28N2O3/c1-16-9-10-19(15-18(16)3)21(27)11-12-22(28)25-20-8-6-7-17(2)23(20)24(29)26-13-4-5-14-26/h6-10,15H,4-5,11-14H2,1-3H3,(H,25,28). The lowest BCUT2D eigenvalue weighted by Crippen LogP contribution is -2.29. The van der Waals surface area contributed by atoms with Gasteiger partial charge in [0.2, 0.25) is 5.91 Å². The minimum absolute atomic E-state index is 0.0397. The summed E-state index contributed by atoms with van der Waals surface area (Å²) in [6, 6.07) is 11.0. The van der Waals surface area contributed by atoms with Gasteiger partial charge in [0.25, 0.3) is 5.91 Å². The summed E-state index contributed by atoms with van der Waals surface area (Å²) in [4.78, 5) is 39.7. The molecule has 1 saturated heterocycles. The number of carbonyl (C=O) groups excluding carboxylic acids is 3. The van der Waals surface area contributed by atoms with Gasteiger partial charge in [-0.3, -0.25) is 14.4 Å². The van der Waals surface area contributed by atoms with Crippen molar-refractivity contribution < 1.29 is 14.4 Å². The Bertz CT molecular complexity index is 943. The van der Waals surface area contributed by atoms with Gasteiger partial charge in [-0.25, -0.2) is 0 Å². The number of benzene rings is 2. The van der Waals surface area contributed by atoms with Crippen molar-refractivity contribution >= 4 is 23.3 Å². The van der Waals surface area contributed by atoms with Crippen LogP contribution < -0.4 is 5.32 Å². The molecule has 0 radical (unpaired) electrons. The molecule has 0 aliphatic carbocycles. The van der Waals surface area contributed by atoms with E-state index in [1.807, 2.05) is 49.9 Å². The Hall–Kier alpha value is -2.95. The molecule has 0 unspecified atom stereocenters. The molecular formula is C24H28N2O3. The molecule has 2 aromatic carbocycles. The highest BCUT2D eigenvalue weighted by Gasteiger charge is 2.24. The molecule has 5 heteroatoms. The summed E-state index contributed by atoms with van der Waals surface area (Å²) in [5.41, 5.74) is 4.72. The van der Waals surface area contributed by atoms with Gasteiger partial charge in [0.15, 0.2) is 5.78 Å². The van der Waals surface area contributed by atoms with Crippen molar-refractivity contribution in [1.82, 2.24) is 4.90 Å². The van der Waals surface area contributed by atoms with Crippen LogP contribution in [0.2, 0.25) is 0 Å². The third-order valence-electron chi connectivity index (χ3n) is 5.56. The molecule has 2 amide bonds. The zero-order valence-corrected chi connectivity index (χ0v) is 17.4. The summed E-state index contributed by atoms with van der Waals surface area (Å²) in [6.07, 6.45) is 2.24. The Morgan fingerprint density at radius 2 is 1.62 bits per heavy atom. The maximum Gasteiger partial charge on any atom is 0.256 e. The van der Waals surface area contributed by atoms with E-state index >= 15 is 0 Å². The number of aryl methyl sites for hydroxylation is 3.